The van der Waals surface area contributed by atoms with E-state index in [1.165, 1.54) is 12.1 Å². The Morgan fingerprint density at radius 1 is 0.829 bits per heavy atom. The minimum Gasteiger partial charge on any atom is -0.336 e. The van der Waals surface area contributed by atoms with Gasteiger partial charge in [-0.3, -0.25) is 19.2 Å². The van der Waals surface area contributed by atoms with Crippen LogP contribution in [0.4, 0.5) is 11.4 Å². The molecule has 2 N–H and O–H groups in total. The van der Waals surface area contributed by atoms with Crippen LogP contribution in [0.15, 0.2) is 83.8 Å². The van der Waals surface area contributed by atoms with Crippen molar-refractivity contribution in [2.24, 2.45) is 0 Å². The summed E-state index contributed by atoms with van der Waals surface area (Å²) in [5.41, 5.74) is 2.62. The molecular weight excluding hydrogens is 464 g/mol. The average Bonchev–Trinajstić information content (AvgIpc) is 2.86. The first-order valence-electron chi connectivity index (χ1n) is 11.4. The third-order valence-electron chi connectivity index (χ3n) is 5.78. The number of hydrogen-bond acceptors (Lipinski definition) is 5. The summed E-state index contributed by atoms with van der Waals surface area (Å²) < 4.78 is 27.7. The number of sulfonamides is 1. The van der Waals surface area contributed by atoms with Gasteiger partial charge in [-0.2, -0.15) is 0 Å². The van der Waals surface area contributed by atoms with E-state index in [0.717, 1.165) is 11.3 Å². The van der Waals surface area contributed by atoms with Gasteiger partial charge in [-0.15, -0.1) is 0 Å². The molecule has 0 radical (unpaired) electrons. The number of nitrogens with one attached hydrogen (secondary N) is 2. The maximum Gasteiger partial charge on any atom is 0.261 e. The number of nitrogens with zero attached hydrogens (tertiary/aromatic N) is 2. The zero-order valence-corrected chi connectivity index (χ0v) is 20.3. The van der Waals surface area contributed by atoms with Crippen LogP contribution in [0.1, 0.15) is 15.9 Å². The lowest BCUT2D eigenvalue weighted by Gasteiger charge is -2.34. The van der Waals surface area contributed by atoms with Gasteiger partial charge in [-0.1, -0.05) is 42.0 Å². The van der Waals surface area contributed by atoms with E-state index in [4.69, 9.17) is 0 Å². The Kier molecular flexibility index (Phi) is 7.48. The number of piperazine rings is 1. The van der Waals surface area contributed by atoms with Crippen LogP contribution >= 0.6 is 0 Å². The van der Waals surface area contributed by atoms with Gasteiger partial charge < -0.3 is 10.2 Å². The Hall–Kier alpha value is -3.69. The van der Waals surface area contributed by atoms with Crippen molar-refractivity contribution in [2.75, 3.05) is 42.8 Å². The number of carbonyl (C=O) groups excluding carboxylic acids is 2. The molecule has 8 nitrogen and oxygen atoms in total. The van der Waals surface area contributed by atoms with E-state index in [2.05, 4.69) is 10.0 Å². The van der Waals surface area contributed by atoms with Gasteiger partial charge in [0.15, 0.2) is 0 Å². The second-order valence-electron chi connectivity index (χ2n) is 8.48. The molecule has 3 aromatic carbocycles. The minimum atomic E-state index is -3.74. The first kappa shape index (κ1) is 24.4. The van der Waals surface area contributed by atoms with Gasteiger partial charge in [0.05, 0.1) is 11.4 Å². The van der Waals surface area contributed by atoms with Crippen LogP contribution in [0.5, 0.6) is 0 Å². The van der Waals surface area contributed by atoms with E-state index in [-0.39, 0.29) is 23.3 Å². The first-order chi connectivity index (χ1) is 16.8. The van der Waals surface area contributed by atoms with Crippen LogP contribution in [-0.4, -0.2) is 62.8 Å². The Morgan fingerprint density at radius 3 is 2.20 bits per heavy atom. The maximum atomic E-state index is 13.0. The van der Waals surface area contributed by atoms with E-state index >= 15 is 0 Å². The number of amides is 2. The van der Waals surface area contributed by atoms with Crippen molar-refractivity contribution in [3.63, 3.8) is 0 Å². The standard InChI is InChI=1S/C26H28N4O4S/c1-20-10-12-22(13-11-20)27-25(31)19-29-14-16-30(17-15-29)26(32)21-6-5-7-23(18-21)28-35(33,34)24-8-3-2-4-9-24/h2-13,18,28H,14-17,19H2,1H3,(H,27,31). The van der Waals surface area contributed by atoms with Crippen LogP contribution in [-0.2, 0) is 14.8 Å². The van der Waals surface area contributed by atoms with Crippen molar-refractivity contribution < 1.29 is 18.0 Å². The van der Waals surface area contributed by atoms with Crippen LogP contribution in [0.2, 0.25) is 0 Å². The summed E-state index contributed by atoms with van der Waals surface area (Å²) in [5.74, 6) is -0.262. The van der Waals surface area contributed by atoms with Crippen molar-refractivity contribution in [2.45, 2.75) is 11.8 Å². The smallest absolute Gasteiger partial charge is 0.261 e. The second kappa shape index (κ2) is 10.7. The van der Waals surface area contributed by atoms with Crippen molar-refractivity contribution in [1.82, 2.24) is 9.80 Å². The molecule has 2 amide bonds. The van der Waals surface area contributed by atoms with E-state index in [1.54, 1.807) is 47.4 Å². The number of rotatable bonds is 7. The van der Waals surface area contributed by atoms with Crippen molar-refractivity contribution in [3.8, 4) is 0 Å². The molecule has 1 saturated heterocycles. The van der Waals surface area contributed by atoms with Crippen molar-refractivity contribution >= 4 is 33.2 Å². The third-order valence-corrected chi connectivity index (χ3v) is 7.17. The summed E-state index contributed by atoms with van der Waals surface area (Å²) in [4.78, 5) is 29.3. The van der Waals surface area contributed by atoms with E-state index < -0.39 is 10.0 Å². The fourth-order valence-corrected chi connectivity index (χ4v) is 4.93. The van der Waals surface area contributed by atoms with E-state index in [9.17, 15) is 18.0 Å². The molecule has 1 heterocycles. The minimum absolute atomic E-state index is 0.0907. The lowest BCUT2D eigenvalue weighted by atomic mass is 10.1. The Bertz CT molecular complexity index is 1290. The highest BCUT2D eigenvalue weighted by molar-refractivity contribution is 7.92. The molecule has 3 aromatic rings. The normalized spacial score (nSPS) is 14.4. The molecule has 0 bridgehead atoms. The van der Waals surface area contributed by atoms with Crippen molar-refractivity contribution in [3.05, 3.63) is 90.0 Å². The van der Waals surface area contributed by atoms with Crippen LogP contribution < -0.4 is 10.0 Å². The summed E-state index contributed by atoms with van der Waals surface area (Å²) in [6, 6.07) is 22.2. The SMILES string of the molecule is Cc1ccc(NC(=O)CN2CCN(C(=O)c3cccc(NS(=O)(=O)c4ccccc4)c3)CC2)cc1. The van der Waals surface area contributed by atoms with Crippen LogP contribution in [0, 0.1) is 6.92 Å². The lowest BCUT2D eigenvalue weighted by Crippen LogP contribution is -2.50. The molecular formula is C26H28N4O4S. The zero-order chi connectivity index (χ0) is 24.8. The summed E-state index contributed by atoms with van der Waals surface area (Å²) in [6.45, 7) is 4.37. The molecule has 1 aliphatic rings. The molecule has 9 heteroatoms. The van der Waals surface area contributed by atoms with Gasteiger partial charge in [0, 0.05) is 43.1 Å². The van der Waals surface area contributed by atoms with Gasteiger partial charge >= 0.3 is 0 Å². The molecule has 182 valence electrons. The number of aryl methyl sites for hydroxylation is 1. The highest BCUT2D eigenvalue weighted by Crippen LogP contribution is 2.19. The fourth-order valence-electron chi connectivity index (χ4n) is 3.86. The van der Waals surface area contributed by atoms with Crippen LogP contribution in [0.25, 0.3) is 0 Å². The Balaban J connectivity index is 1.31. The Morgan fingerprint density at radius 2 is 1.51 bits per heavy atom. The topological polar surface area (TPSA) is 98.8 Å². The average molecular weight is 493 g/mol. The lowest BCUT2D eigenvalue weighted by molar-refractivity contribution is -0.117. The summed E-state index contributed by atoms with van der Waals surface area (Å²) in [7, 11) is -3.74. The van der Waals surface area contributed by atoms with Gasteiger partial charge in [-0.05, 0) is 49.4 Å². The molecule has 1 fully saturated rings. The summed E-state index contributed by atoms with van der Waals surface area (Å²) in [6.07, 6.45) is 0. The molecule has 0 aliphatic carbocycles. The summed E-state index contributed by atoms with van der Waals surface area (Å²) in [5, 5.41) is 2.90. The highest BCUT2D eigenvalue weighted by Gasteiger charge is 2.24. The van der Waals surface area contributed by atoms with Crippen LogP contribution in [0.3, 0.4) is 0 Å². The first-order valence-corrected chi connectivity index (χ1v) is 12.8. The number of carbonyl (C=O) groups is 2. The molecule has 0 aromatic heterocycles. The fraction of sp³-hybridized carbons (Fsp3) is 0.231. The number of hydrogen-bond donors (Lipinski definition) is 2. The molecule has 1 aliphatic heterocycles. The molecule has 0 saturated carbocycles. The Labute approximate surface area is 205 Å². The molecule has 35 heavy (non-hydrogen) atoms. The number of benzene rings is 3. The maximum absolute atomic E-state index is 13.0. The molecule has 4 rings (SSSR count). The quantitative estimate of drug-likeness (QED) is 0.528. The molecule has 0 unspecified atom stereocenters. The van der Waals surface area contributed by atoms with Gasteiger partial charge in [-0.25, -0.2) is 8.42 Å². The van der Waals surface area contributed by atoms with Gasteiger partial charge in [0.25, 0.3) is 15.9 Å². The summed E-state index contributed by atoms with van der Waals surface area (Å²) >= 11 is 0. The van der Waals surface area contributed by atoms with E-state index in [0.29, 0.717) is 37.4 Å². The second-order valence-corrected chi connectivity index (χ2v) is 10.2. The van der Waals surface area contributed by atoms with Gasteiger partial charge in [0.1, 0.15) is 0 Å². The molecule has 0 atom stereocenters. The van der Waals surface area contributed by atoms with Crippen molar-refractivity contribution in [1.29, 1.82) is 0 Å². The zero-order valence-electron chi connectivity index (χ0n) is 19.5. The predicted molar refractivity (Wildman–Crippen MR) is 136 cm³/mol. The third kappa shape index (κ3) is 6.46. The largest absolute Gasteiger partial charge is 0.336 e. The number of anilines is 2. The highest BCUT2D eigenvalue weighted by atomic mass is 32.2. The predicted octanol–water partition coefficient (Wildman–Crippen LogP) is 3.19. The molecule has 0 spiro atoms. The van der Waals surface area contributed by atoms with E-state index in [1.807, 2.05) is 36.1 Å². The monoisotopic (exact) mass is 492 g/mol. The van der Waals surface area contributed by atoms with Gasteiger partial charge in [0.2, 0.25) is 5.91 Å².